The number of fused-ring (bicyclic) bond motifs is 1. The molecule has 0 aliphatic heterocycles. The van der Waals surface area contributed by atoms with Crippen LogP contribution in [0.1, 0.15) is 44.4 Å². The number of esters is 2. The van der Waals surface area contributed by atoms with Crippen molar-refractivity contribution in [2.75, 3.05) is 0 Å². The maximum absolute atomic E-state index is 12.7. The van der Waals surface area contributed by atoms with Gasteiger partial charge in [0.2, 0.25) is 0 Å². The van der Waals surface area contributed by atoms with Crippen LogP contribution in [-0.4, -0.2) is 18.0 Å². The van der Waals surface area contributed by atoms with E-state index >= 15 is 0 Å². The van der Waals surface area contributed by atoms with Crippen molar-refractivity contribution in [3.63, 3.8) is 0 Å². The predicted molar refractivity (Wildman–Crippen MR) is 105 cm³/mol. The minimum Gasteiger partial charge on any atom is -0.454 e. The van der Waals surface area contributed by atoms with E-state index in [1.165, 1.54) is 0 Å². The molecule has 0 amide bonds. The second-order valence-corrected chi connectivity index (χ2v) is 6.74. The van der Waals surface area contributed by atoms with Crippen molar-refractivity contribution in [3.8, 4) is 0 Å². The van der Waals surface area contributed by atoms with Gasteiger partial charge in [0.15, 0.2) is 6.10 Å². The zero-order valence-corrected chi connectivity index (χ0v) is 15.3. The molecule has 0 N–H and O–H groups in total. The van der Waals surface area contributed by atoms with E-state index in [0.717, 1.165) is 17.5 Å². The lowest BCUT2D eigenvalue weighted by Crippen LogP contribution is -2.33. The molecule has 0 saturated heterocycles. The van der Waals surface area contributed by atoms with Crippen LogP contribution in [0.3, 0.4) is 0 Å². The van der Waals surface area contributed by atoms with E-state index in [9.17, 15) is 9.59 Å². The van der Waals surface area contributed by atoms with Gasteiger partial charge in [-0.15, -0.1) is 0 Å². The number of carbonyl (C=O) groups is 2. The first-order valence-electron chi connectivity index (χ1n) is 9.32. The molecule has 4 rings (SSSR count). The van der Waals surface area contributed by atoms with Gasteiger partial charge >= 0.3 is 11.9 Å². The molecule has 2 atom stereocenters. The monoisotopic (exact) mass is 372 g/mol. The van der Waals surface area contributed by atoms with E-state index in [0.29, 0.717) is 17.5 Å². The standard InChI is InChI=1S/C24H20O4/c25-23(18-10-3-1-4-11-18)27-21-16-15-17-9-7-8-14-20(17)22(21)28-24(26)19-12-5-2-6-13-19/h1-14,21-22H,15-16H2/t21-,22-/m0/s1. The van der Waals surface area contributed by atoms with Gasteiger partial charge in [0, 0.05) is 0 Å². The summed E-state index contributed by atoms with van der Waals surface area (Å²) in [5, 5.41) is 0. The highest BCUT2D eigenvalue weighted by Gasteiger charge is 2.35. The highest BCUT2D eigenvalue weighted by atomic mass is 16.6. The molecule has 1 aliphatic carbocycles. The zero-order valence-electron chi connectivity index (χ0n) is 15.3. The quantitative estimate of drug-likeness (QED) is 0.620. The molecule has 4 heteroatoms. The van der Waals surface area contributed by atoms with Crippen molar-refractivity contribution in [2.45, 2.75) is 25.0 Å². The van der Waals surface area contributed by atoms with E-state index in [4.69, 9.17) is 9.47 Å². The van der Waals surface area contributed by atoms with E-state index in [1.54, 1.807) is 48.5 Å². The molecule has 0 radical (unpaired) electrons. The van der Waals surface area contributed by atoms with Crippen molar-refractivity contribution >= 4 is 11.9 Å². The van der Waals surface area contributed by atoms with Crippen LogP contribution in [0, 0.1) is 0 Å². The third-order valence-electron chi connectivity index (χ3n) is 4.91. The molecule has 1 aliphatic rings. The summed E-state index contributed by atoms with van der Waals surface area (Å²) in [4.78, 5) is 25.2. The third kappa shape index (κ3) is 3.81. The number of carbonyl (C=O) groups excluding carboxylic acids is 2. The summed E-state index contributed by atoms with van der Waals surface area (Å²) in [5.41, 5.74) is 2.96. The Labute approximate surface area is 163 Å². The fourth-order valence-electron chi connectivity index (χ4n) is 3.49. The average Bonchev–Trinajstić information content (AvgIpc) is 2.76. The number of hydrogen-bond donors (Lipinski definition) is 0. The molecular formula is C24H20O4. The fourth-order valence-corrected chi connectivity index (χ4v) is 3.49. The van der Waals surface area contributed by atoms with Crippen molar-refractivity contribution in [3.05, 3.63) is 107 Å². The van der Waals surface area contributed by atoms with Crippen LogP contribution in [-0.2, 0) is 15.9 Å². The molecule has 3 aromatic carbocycles. The molecule has 28 heavy (non-hydrogen) atoms. The summed E-state index contributed by atoms with van der Waals surface area (Å²) in [6, 6.07) is 25.5. The molecule has 0 heterocycles. The first-order valence-corrected chi connectivity index (χ1v) is 9.32. The van der Waals surface area contributed by atoms with E-state index in [2.05, 4.69) is 0 Å². The van der Waals surface area contributed by atoms with Crippen LogP contribution in [0.25, 0.3) is 0 Å². The highest BCUT2D eigenvalue weighted by molar-refractivity contribution is 5.90. The Balaban J connectivity index is 1.60. The number of benzene rings is 3. The van der Waals surface area contributed by atoms with Gasteiger partial charge in [-0.05, 0) is 48.2 Å². The summed E-state index contributed by atoms with van der Waals surface area (Å²) < 4.78 is 11.6. The Morgan fingerprint density at radius 2 is 1.21 bits per heavy atom. The number of hydrogen-bond acceptors (Lipinski definition) is 4. The van der Waals surface area contributed by atoms with Crippen molar-refractivity contribution in [1.82, 2.24) is 0 Å². The summed E-state index contributed by atoms with van der Waals surface area (Å²) in [7, 11) is 0. The summed E-state index contributed by atoms with van der Waals surface area (Å²) >= 11 is 0. The van der Waals surface area contributed by atoms with Gasteiger partial charge < -0.3 is 9.47 Å². The van der Waals surface area contributed by atoms with Gasteiger partial charge in [0.05, 0.1) is 11.1 Å². The lowest BCUT2D eigenvalue weighted by Gasteiger charge is -2.32. The normalized spacial score (nSPS) is 18.0. The molecule has 0 bridgehead atoms. The second-order valence-electron chi connectivity index (χ2n) is 6.74. The highest BCUT2D eigenvalue weighted by Crippen LogP contribution is 2.35. The Hall–Kier alpha value is -3.40. The van der Waals surface area contributed by atoms with Crippen LogP contribution in [0.5, 0.6) is 0 Å². The summed E-state index contributed by atoms with van der Waals surface area (Å²) in [5.74, 6) is -0.839. The van der Waals surface area contributed by atoms with Gasteiger partial charge in [0.1, 0.15) is 6.10 Å². The fraction of sp³-hybridized carbons (Fsp3) is 0.167. The van der Waals surface area contributed by atoms with Crippen molar-refractivity contribution in [1.29, 1.82) is 0 Å². The smallest absolute Gasteiger partial charge is 0.338 e. The van der Waals surface area contributed by atoms with Crippen molar-refractivity contribution in [2.24, 2.45) is 0 Å². The van der Waals surface area contributed by atoms with E-state index in [-0.39, 0.29) is 0 Å². The van der Waals surface area contributed by atoms with Crippen LogP contribution in [0.15, 0.2) is 84.9 Å². The molecule has 0 unspecified atom stereocenters. The number of ether oxygens (including phenoxy) is 2. The molecule has 0 aromatic heterocycles. The Morgan fingerprint density at radius 3 is 1.86 bits per heavy atom. The topological polar surface area (TPSA) is 52.6 Å². The summed E-state index contributed by atoms with van der Waals surface area (Å²) in [6.45, 7) is 0. The minimum absolute atomic E-state index is 0.411. The van der Waals surface area contributed by atoms with Gasteiger partial charge in [-0.25, -0.2) is 9.59 Å². The van der Waals surface area contributed by atoms with Gasteiger partial charge in [-0.3, -0.25) is 0 Å². The number of aryl methyl sites for hydroxylation is 1. The van der Waals surface area contributed by atoms with Crippen LogP contribution < -0.4 is 0 Å². The SMILES string of the molecule is O=C(O[C@H]1CCc2ccccc2[C@@H]1OC(=O)c1ccccc1)c1ccccc1. The Kier molecular flexibility index (Phi) is 5.20. The molecule has 0 fully saturated rings. The minimum atomic E-state index is -0.634. The lowest BCUT2D eigenvalue weighted by atomic mass is 9.87. The largest absolute Gasteiger partial charge is 0.454 e. The van der Waals surface area contributed by atoms with E-state index < -0.39 is 24.1 Å². The average molecular weight is 372 g/mol. The lowest BCUT2D eigenvalue weighted by molar-refractivity contribution is -0.0437. The van der Waals surface area contributed by atoms with Crippen LogP contribution >= 0.6 is 0 Å². The zero-order chi connectivity index (χ0) is 19.3. The Bertz CT molecular complexity index is 966. The van der Waals surface area contributed by atoms with Gasteiger partial charge in [-0.2, -0.15) is 0 Å². The first-order chi connectivity index (χ1) is 13.7. The second kappa shape index (κ2) is 8.09. The summed E-state index contributed by atoms with van der Waals surface area (Å²) in [6.07, 6.45) is 0.200. The predicted octanol–water partition coefficient (Wildman–Crippen LogP) is 4.76. The molecular weight excluding hydrogens is 352 g/mol. The molecule has 0 saturated carbocycles. The van der Waals surface area contributed by atoms with Gasteiger partial charge in [-0.1, -0.05) is 60.7 Å². The van der Waals surface area contributed by atoms with Crippen LogP contribution in [0.2, 0.25) is 0 Å². The maximum Gasteiger partial charge on any atom is 0.338 e. The molecule has 3 aromatic rings. The third-order valence-corrected chi connectivity index (χ3v) is 4.91. The molecule has 0 spiro atoms. The molecule has 140 valence electrons. The maximum atomic E-state index is 12.7. The van der Waals surface area contributed by atoms with Crippen LogP contribution in [0.4, 0.5) is 0 Å². The number of rotatable bonds is 4. The van der Waals surface area contributed by atoms with Gasteiger partial charge in [0.25, 0.3) is 0 Å². The Morgan fingerprint density at radius 1 is 0.679 bits per heavy atom. The molecule has 4 nitrogen and oxygen atoms in total. The first kappa shape index (κ1) is 18.0. The van der Waals surface area contributed by atoms with E-state index in [1.807, 2.05) is 36.4 Å². The van der Waals surface area contributed by atoms with Crippen molar-refractivity contribution < 1.29 is 19.1 Å².